The van der Waals surface area contributed by atoms with Gasteiger partial charge in [0.25, 0.3) is 5.91 Å². The second kappa shape index (κ2) is 6.80. The normalized spacial score (nSPS) is 23.7. The Morgan fingerprint density at radius 1 is 0.935 bits per heavy atom. The molecule has 2 aliphatic heterocycles. The van der Waals surface area contributed by atoms with E-state index >= 15 is 0 Å². The zero-order valence-corrected chi connectivity index (χ0v) is 17.1. The number of H-pyrrole nitrogens is 1. The zero-order chi connectivity index (χ0) is 21.1. The molecule has 3 heterocycles. The number of fused-ring (bicyclic) bond motifs is 2. The van der Waals surface area contributed by atoms with E-state index in [4.69, 9.17) is 0 Å². The van der Waals surface area contributed by atoms with Crippen LogP contribution in [0, 0.1) is 0 Å². The first-order chi connectivity index (χ1) is 15.1. The van der Waals surface area contributed by atoms with Gasteiger partial charge in [-0.1, -0.05) is 36.8 Å². The zero-order valence-electron chi connectivity index (χ0n) is 17.1. The number of hydrogen-bond donors (Lipinski definition) is 2. The van der Waals surface area contributed by atoms with Gasteiger partial charge in [-0.05, 0) is 48.4 Å². The van der Waals surface area contributed by atoms with Crippen LogP contribution in [-0.2, 0) is 9.59 Å². The van der Waals surface area contributed by atoms with E-state index in [1.807, 2.05) is 36.5 Å². The van der Waals surface area contributed by atoms with Crippen LogP contribution in [0.15, 0.2) is 48.7 Å². The van der Waals surface area contributed by atoms with Crippen LogP contribution in [0.4, 0.5) is 0 Å². The molecule has 1 aromatic heterocycles. The molecule has 2 atom stereocenters. The molecular formula is C25H23N3O3. The van der Waals surface area contributed by atoms with Crippen molar-refractivity contribution in [3.8, 4) is 0 Å². The lowest BCUT2D eigenvalue weighted by Gasteiger charge is -2.34. The summed E-state index contributed by atoms with van der Waals surface area (Å²) in [6.45, 7) is 0. The van der Waals surface area contributed by atoms with E-state index in [0.717, 1.165) is 22.0 Å². The van der Waals surface area contributed by atoms with Crippen molar-refractivity contribution in [2.24, 2.45) is 0 Å². The van der Waals surface area contributed by atoms with Crippen molar-refractivity contribution < 1.29 is 14.4 Å². The number of piperidine rings is 1. The molecule has 3 aromatic rings. The van der Waals surface area contributed by atoms with Gasteiger partial charge in [0.1, 0.15) is 6.04 Å². The fourth-order valence-electron chi connectivity index (χ4n) is 5.31. The van der Waals surface area contributed by atoms with E-state index in [-0.39, 0.29) is 30.2 Å². The molecule has 2 fully saturated rings. The maximum Gasteiger partial charge on any atom is 0.255 e. The highest BCUT2D eigenvalue weighted by Gasteiger charge is 2.46. The van der Waals surface area contributed by atoms with E-state index in [9.17, 15) is 14.4 Å². The van der Waals surface area contributed by atoms with E-state index < -0.39 is 6.04 Å². The molecule has 0 bridgehead atoms. The molecule has 3 aliphatic rings. The average Bonchev–Trinajstić information content (AvgIpc) is 3.26. The van der Waals surface area contributed by atoms with Crippen LogP contribution in [0.5, 0.6) is 0 Å². The van der Waals surface area contributed by atoms with Gasteiger partial charge in [-0.15, -0.1) is 0 Å². The summed E-state index contributed by atoms with van der Waals surface area (Å²) in [6, 6.07) is 13.2. The summed E-state index contributed by atoms with van der Waals surface area (Å²) in [5.74, 6) is -0.253. The number of nitrogens with one attached hydrogen (secondary N) is 2. The molecule has 1 aliphatic carbocycles. The molecule has 1 saturated carbocycles. The predicted octanol–water partition coefficient (Wildman–Crippen LogP) is 3.79. The van der Waals surface area contributed by atoms with Gasteiger partial charge in [-0.3, -0.25) is 19.7 Å². The summed E-state index contributed by atoms with van der Waals surface area (Å²) in [7, 11) is 0. The van der Waals surface area contributed by atoms with Crippen LogP contribution < -0.4 is 5.32 Å². The van der Waals surface area contributed by atoms with E-state index in [1.165, 1.54) is 24.8 Å². The van der Waals surface area contributed by atoms with Crippen molar-refractivity contribution in [1.29, 1.82) is 0 Å². The number of aromatic nitrogens is 1. The van der Waals surface area contributed by atoms with Crippen molar-refractivity contribution >= 4 is 28.6 Å². The lowest BCUT2D eigenvalue weighted by atomic mass is 9.79. The second-order valence-electron chi connectivity index (χ2n) is 8.85. The molecule has 2 N–H and O–H groups in total. The molecular weight excluding hydrogens is 390 g/mol. The van der Waals surface area contributed by atoms with Crippen molar-refractivity contribution in [3.05, 3.63) is 70.9 Å². The molecule has 2 aromatic carbocycles. The quantitative estimate of drug-likeness (QED) is 0.641. The van der Waals surface area contributed by atoms with Crippen LogP contribution in [0.3, 0.4) is 0 Å². The van der Waals surface area contributed by atoms with Gasteiger partial charge in [0.15, 0.2) is 0 Å². The van der Waals surface area contributed by atoms with Gasteiger partial charge in [-0.2, -0.15) is 0 Å². The minimum absolute atomic E-state index is 0.139. The topological polar surface area (TPSA) is 82.3 Å². The third kappa shape index (κ3) is 2.74. The maximum absolute atomic E-state index is 13.6. The van der Waals surface area contributed by atoms with Crippen molar-refractivity contribution in [3.63, 3.8) is 0 Å². The fourth-order valence-corrected chi connectivity index (χ4v) is 5.31. The third-order valence-electron chi connectivity index (χ3n) is 7.15. The standard InChI is InChI=1S/C25H23N3O3/c29-22-11-10-21(24(30)27-22)28-23(19-13-26-20-7-2-1-6-16(19)20)18-12-15(14-4-3-5-14)8-9-17(18)25(28)31/h1-2,6-9,12-14,21,23,26H,3-5,10-11H2,(H,27,29,30). The van der Waals surface area contributed by atoms with E-state index in [0.29, 0.717) is 17.9 Å². The minimum atomic E-state index is -0.664. The Morgan fingerprint density at radius 3 is 2.55 bits per heavy atom. The Hall–Kier alpha value is -3.41. The lowest BCUT2D eigenvalue weighted by molar-refractivity contribution is -0.137. The maximum atomic E-state index is 13.6. The van der Waals surface area contributed by atoms with Gasteiger partial charge in [0, 0.05) is 34.6 Å². The molecule has 0 spiro atoms. The van der Waals surface area contributed by atoms with Crippen molar-refractivity contribution in [2.75, 3.05) is 0 Å². The van der Waals surface area contributed by atoms with Crippen LogP contribution in [0.2, 0.25) is 0 Å². The molecule has 0 radical (unpaired) electrons. The molecule has 3 amide bonds. The molecule has 1 saturated heterocycles. The highest BCUT2D eigenvalue weighted by atomic mass is 16.2. The van der Waals surface area contributed by atoms with E-state index in [2.05, 4.69) is 22.4 Å². The fraction of sp³-hybridized carbons (Fsp3) is 0.320. The minimum Gasteiger partial charge on any atom is -0.361 e. The first-order valence-corrected chi connectivity index (χ1v) is 11.0. The Kier molecular flexibility index (Phi) is 4.03. The smallest absolute Gasteiger partial charge is 0.255 e. The summed E-state index contributed by atoms with van der Waals surface area (Å²) in [4.78, 5) is 43.1. The number of benzene rings is 2. The van der Waals surface area contributed by atoms with Crippen molar-refractivity contribution in [1.82, 2.24) is 15.2 Å². The Balaban J connectivity index is 1.52. The molecule has 6 heteroatoms. The van der Waals surface area contributed by atoms with Crippen LogP contribution in [0.25, 0.3) is 10.9 Å². The highest BCUT2D eigenvalue weighted by Crippen LogP contribution is 2.46. The summed E-state index contributed by atoms with van der Waals surface area (Å²) >= 11 is 0. The Morgan fingerprint density at radius 2 is 1.77 bits per heavy atom. The van der Waals surface area contributed by atoms with Crippen LogP contribution in [-0.4, -0.2) is 33.6 Å². The first-order valence-electron chi connectivity index (χ1n) is 11.0. The Labute approximate surface area is 179 Å². The third-order valence-corrected chi connectivity index (χ3v) is 7.15. The number of carbonyl (C=O) groups excluding carboxylic acids is 3. The molecule has 156 valence electrons. The highest BCUT2D eigenvalue weighted by molar-refractivity contribution is 6.06. The molecule has 31 heavy (non-hydrogen) atoms. The molecule has 2 unspecified atom stereocenters. The Bertz CT molecular complexity index is 1240. The number of rotatable bonds is 3. The number of aromatic amines is 1. The molecule has 6 nitrogen and oxygen atoms in total. The van der Waals surface area contributed by atoms with E-state index in [1.54, 1.807) is 4.90 Å². The van der Waals surface area contributed by atoms with Crippen LogP contribution >= 0.6 is 0 Å². The van der Waals surface area contributed by atoms with Gasteiger partial charge in [0.2, 0.25) is 11.8 Å². The molecule has 6 rings (SSSR count). The van der Waals surface area contributed by atoms with Gasteiger partial charge in [-0.25, -0.2) is 0 Å². The number of para-hydroxylation sites is 1. The number of imide groups is 1. The van der Waals surface area contributed by atoms with Gasteiger partial charge in [0.05, 0.1) is 6.04 Å². The first kappa shape index (κ1) is 18.4. The SMILES string of the molecule is O=C1CCC(N2C(=O)c3ccc(C4CCC4)cc3C2c2c[nH]c3ccccc23)C(=O)N1. The average molecular weight is 413 g/mol. The second-order valence-corrected chi connectivity index (χ2v) is 8.85. The number of carbonyl (C=O) groups is 3. The number of amides is 3. The van der Waals surface area contributed by atoms with Gasteiger partial charge >= 0.3 is 0 Å². The number of nitrogens with zero attached hydrogens (tertiary/aromatic N) is 1. The largest absolute Gasteiger partial charge is 0.361 e. The summed E-state index contributed by atoms with van der Waals surface area (Å²) in [5, 5.41) is 3.47. The summed E-state index contributed by atoms with van der Waals surface area (Å²) in [6.07, 6.45) is 6.15. The van der Waals surface area contributed by atoms with Crippen molar-refractivity contribution in [2.45, 2.75) is 50.1 Å². The predicted molar refractivity (Wildman–Crippen MR) is 116 cm³/mol. The summed E-state index contributed by atoms with van der Waals surface area (Å²) in [5.41, 5.74) is 4.87. The van der Waals surface area contributed by atoms with Crippen LogP contribution in [0.1, 0.15) is 71.1 Å². The lowest BCUT2D eigenvalue weighted by Crippen LogP contribution is -2.53. The number of hydrogen-bond acceptors (Lipinski definition) is 3. The summed E-state index contributed by atoms with van der Waals surface area (Å²) < 4.78 is 0. The monoisotopic (exact) mass is 413 g/mol. The van der Waals surface area contributed by atoms with Gasteiger partial charge < -0.3 is 9.88 Å².